The number of rotatable bonds is 10. The molecule has 6 N–H and O–H groups in total. The van der Waals surface area contributed by atoms with Crippen LogP contribution in [0.25, 0.3) is 0 Å². The summed E-state index contributed by atoms with van der Waals surface area (Å²) in [6.07, 6.45) is -4.38. The van der Waals surface area contributed by atoms with Gasteiger partial charge in [-0.1, -0.05) is 13.0 Å². The summed E-state index contributed by atoms with van der Waals surface area (Å²) in [5.41, 5.74) is 7.45. The van der Waals surface area contributed by atoms with Crippen LogP contribution in [-0.4, -0.2) is 42.1 Å². The molecular formula is C21H24ClF3N4O4. The topological polar surface area (TPSA) is 138 Å². The van der Waals surface area contributed by atoms with Crippen molar-refractivity contribution in [2.24, 2.45) is 5.73 Å². The Morgan fingerprint density at radius 3 is 2.33 bits per heavy atom. The van der Waals surface area contributed by atoms with Crippen molar-refractivity contribution >= 4 is 35.8 Å². The predicted octanol–water partition coefficient (Wildman–Crippen LogP) is 3.25. The standard InChI is InChI=1S/C21H23F3N4O4.ClH/c1-2-12-3-8-16(32-10-9-27-20(31)21(22,23)24)15(11-12)17(19(29)30)28-14-6-4-13(5-7-14)18(25)26;/h3-8,11,17,28H,2,9-10H2,1H3,(H3,25,26)(H,27,31)(H,29,30);1H. The van der Waals surface area contributed by atoms with Crippen LogP contribution in [0.2, 0.25) is 0 Å². The number of nitrogens with one attached hydrogen (secondary N) is 3. The quantitative estimate of drug-likeness (QED) is 0.198. The first-order valence-corrected chi connectivity index (χ1v) is 9.57. The van der Waals surface area contributed by atoms with Crippen molar-refractivity contribution in [3.05, 3.63) is 59.2 Å². The number of aliphatic carboxylic acids is 1. The zero-order chi connectivity index (χ0) is 23.9. The number of carbonyl (C=O) groups excluding carboxylic acids is 1. The lowest BCUT2D eigenvalue weighted by molar-refractivity contribution is -0.173. The fourth-order valence-electron chi connectivity index (χ4n) is 2.79. The average molecular weight is 489 g/mol. The van der Waals surface area contributed by atoms with E-state index in [9.17, 15) is 27.9 Å². The van der Waals surface area contributed by atoms with Gasteiger partial charge in [0.25, 0.3) is 0 Å². The van der Waals surface area contributed by atoms with Crippen molar-refractivity contribution in [2.75, 3.05) is 18.5 Å². The third kappa shape index (κ3) is 7.86. The molecular weight excluding hydrogens is 465 g/mol. The van der Waals surface area contributed by atoms with Crippen molar-refractivity contribution < 1.29 is 32.6 Å². The van der Waals surface area contributed by atoms with E-state index in [0.717, 1.165) is 5.56 Å². The average Bonchev–Trinajstić information content (AvgIpc) is 2.74. The number of hydrogen-bond donors (Lipinski definition) is 5. The van der Waals surface area contributed by atoms with Gasteiger partial charge in [-0.15, -0.1) is 12.4 Å². The molecule has 0 radical (unpaired) electrons. The number of halogens is 4. The van der Waals surface area contributed by atoms with Crippen LogP contribution < -0.4 is 21.1 Å². The van der Waals surface area contributed by atoms with Crippen molar-refractivity contribution in [3.8, 4) is 5.75 Å². The van der Waals surface area contributed by atoms with Gasteiger partial charge in [-0.3, -0.25) is 10.2 Å². The summed E-state index contributed by atoms with van der Waals surface area (Å²) in [7, 11) is 0. The fraction of sp³-hybridized carbons (Fsp3) is 0.286. The van der Waals surface area contributed by atoms with E-state index in [4.69, 9.17) is 15.9 Å². The molecule has 0 bridgehead atoms. The maximum Gasteiger partial charge on any atom is 0.471 e. The first-order chi connectivity index (χ1) is 15.0. The molecule has 0 aromatic heterocycles. The molecule has 0 heterocycles. The molecule has 0 aliphatic heterocycles. The highest BCUT2D eigenvalue weighted by Crippen LogP contribution is 2.30. The Morgan fingerprint density at radius 2 is 1.82 bits per heavy atom. The van der Waals surface area contributed by atoms with Crippen LogP contribution in [0.5, 0.6) is 5.75 Å². The SMILES string of the molecule is CCc1ccc(OCCNC(=O)C(F)(F)F)c(C(Nc2ccc(C(=N)N)cc2)C(=O)O)c1.Cl. The first-order valence-electron chi connectivity index (χ1n) is 9.57. The van der Waals surface area contributed by atoms with Gasteiger partial charge in [0.05, 0.1) is 6.54 Å². The normalized spacial score (nSPS) is 11.6. The number of amides is 1. The first kappa shape index (κ1) is 27.6. The van der Waals surface area contributed by atoms with Gasteiger partial charge < -0.3 is 26.2 Å². The van der Waals surface area contributed by atoms with E-state index in [1.165, 1.54) is 6.07 Å². The van der Waals surface area contributed by atoms with Gasteiger partial charge >= 0.3 is 18.1 Å². The van der Waals surface area contributed by atoms with E-state index in [-0.39, 0.29) is 36.2 Å². The number of anilines is 1. The molecule has 33 heavy (non-hydrogen) atoms. The van der Waals surface area contributed by atoms with Gasteiger partial charge in [-0.05, 0) is 48.4 Å². The highest BCUT2D eigenvalue weighted by molar-refractivity contribution is 5.95. The number of carbonyl (C=O) groups is 2. The lowest BCUT2D eigenvalue weighted by Gasteiger charge is -2.21. The van der Waals surface area contributed by atoms with Crippen LogP contribution in [0.3, 0.4) is 0 Å². The molecule has 2 aromatic carbocycles. The van der Waals surface area contributed by atoms with Crippen molar-refractivity contribution in [1.29, 1.82) is 5.41 Å². The Morgan fingerprint density at radius 1 is 1.18 bits per heavy atom. The molecule has 0 saturated carbocycles. The molecule has 0 aliphatic carbocycles. The van der Waals surface area contributed by atoms with Gasteiger partial charge in [-0.2, -0.15) is 13.2 Å². The number of aryl methyl sites for hydroxylation is 1. The molecule has 0 fully saturated rings. The summed E-state index contributed by atoms with van der Waals surface area (Å²) in [6.45, 7) is 1.18. The summed E-state index contributed by atoms with van der Waals surface area (Å²) >= 11 is 0. The lowest BCUT2D eigenvalue weighted by Crippen LogP contribution is -2.38. The molecule has 0 saturated heterocycles. The number of benzene rings is 2. The highest BCUT2D eigenvalue weighted by atomic mass is 35.5. The minimum atomic E-state index is -5.00. The molecule has 1 amide bonds. The number of nitrogen functional groups attached to an aromatic ring is 1. The van der Waals surface area contributed by atoms with E-state index in [1.54, 1.807) is 41.7 Å². The van der Waals surface area contributed by atoms with E-state index < -0.39 is 30.6 Å². The summed E-state index contributed by atoms with van der Waals surface area (Å²) in [4.78, 5) is 22.9. The number of alkyl halides is 3. The summed E-state index contributed by atoms with van der Waals surface area (Å²) < 4.78 is 42.3. The monoisotopic (exact) mass is 488 g/mol. The number of nitrogens with two attached hydrogens (primary N) is 1. The molecule has 0 spiro atoms. The Labute approximate surface area is 194 Å². The summed E-state index contributed by atoms with van der Waals surface area (Å²) in [5.74, 6) is -3.26. The Bertz CT molecular complexity index is 984. The lowest BCUT2D eigenvalue weighted by atomic mass is 10.0. The molecule has 12 heteroatoms. The highest BCUT2D eigenvalue weighted by Gasteiger charge is 2.38. The second-order valence-corrected chi connectivity index (χ2v) is 6.73. The van der Waals surface area contributed by atoms with Gasteiger partial charge in [0.1, 0.15) is 18.2 Å². The van der Waals surface area contributed by atoms with Crippen LogP contribution >= 0.6 is 12.4 Å². The molecule has 180 valence electrons. The van der Waals surface area contributed by atoms with E-state index in [0.29, 0.717) is 17.7 Å². The zero-order valence-electron chi connectivity index (χ0n) is 17.5. The molecule has 2 aromatic rings. The Balaban J connectivity index is 0.00000544. The number of hydrogen-bond acceptors (Lipinski definition) is 5. The van der Waals surface area contributed by atoms with Crippen molar-refractivity contribution in [3.63, 3.8) is 0 Å². The molecule has 2 rings (SSSR count). The second-order valence-electron chi connectivity index (χ2n) is 6.73. The Hall–Kier alpha value is -3.47. The predicted molar refractivity (Wildman–Crippen MR) is 119 cm³/mol. The van der Waals surface area contributed by atoms with Crippen LogP contribution in [0.4, 0.5) is 18.9 Å². The maximum absolute atomic E-state index is 12.3. The van der Waals surface area contributed by atoms with Crippen LogP contribution in [0.1, 0.15) is 29.7 Å². The number of carboxylic acids is 1. The minimum Gasteiger partial charge on any atom is -0.491 e. The zero-order valence-corrected chi connectivity index (χ0v) is 18.3. The third-order valence-electron chi connectivity index (χ3n) is 4.45. The molecule has 0 aliphatic rings. The minimum absolute atomic E-state index is 0. The second kappa shape index (κ2) is 12.0. The van der Waals surface area contributed by atoms with Gasteiger partial charge in [0.15, 0.2) is 6.04 Å². The molecule has 1 unspecified atom stereocenters. The number of carboxylic acid groups (broad SMARTS) is 1. The molecule has 1 atom stereocenters. The summed E-state index contributed by atoms with van der Waals surface area (Å²) in [6, 6.07) is 9.93. The van der Waals surface area contributed by atoms with Crippen LogP contribution in [0, 0.1) is 5.41 Å². The van der Waals surface area contributed by atoms with Crippen molar-refractivity contribution in [1.82, 2.24) is 5.32 Å². The number of ether oxygens (including phenoxy) is 1. The third-order valence-corrected chi connectivity index (χ3v) is 4.45. The van der Waals surface area contributed by atoms with Crippen molar-refractivity contribution in [2.45, 2.75) is 25.6 Å². The smallest absolute Gasteiger partial charge is 0.471 e. The van der Waals surface area contributed by atoms with Crippen LogP contribution in [-0.2, 0) is 16.0 Å². The fourth-order valence-corrected chi connectivity index (χ4v) is 2.79. The van der Waals surface area contributed by atoms with E-state index >= 15 is 0 Å². The number of amidine groups is 1. The maximum atomic E-state index is 12.3. The van der Waals surface area contributed by atoms with E-state index in [2.05, 4.69) is 5.32 Å². The van der Waals surface area contributed by atoms with Gasteiger partial charge in [0, 0.05) is 16.8 Å². The molecule has 8 nitrogen and oxygen atoms in total. The van der Waals surface area contributed by atoms with Gasteiger partial charge in [-0.25, -0.2) is 4.79 Å². The van der Waals surface area contributed by atoms with Gasteiger partial charge in [0.2, 0.25) is 0 Å². The largest absolute Gasteiger partial charge is 0.491 e. The van der Waals surface area contributed by atoms with Crippen LogP contribution in [0.15, 0.2) is 42.5 Å². The van der Waals surface area contributed by atoms with E-state index in [1.807, 2.05) is 6.92 Å². The summed E-state index contributed by atoms with van der Waals surface area (Å²) in [5, 5.41) is 21.8. The Kier molecular flexibility index (Phi) is 9.99.